The van der Waals surface area contributed by atoms with E-state index < -0.39 is 11.7 Å². The Kier molecular flexibility index (Phi) is 7.10. The van der Waals surface area contributed by atoms with E-state index in [2.05, 4.69) is 53.9 Å². The Morgan fingerprint density at radius 1 is 1.03 bits per heavy atom. The highest BCUT2D eigenvalue weighted by atomic mass is 19.4. The molecule has 0 saturated carbocycles. The first kappa shape index (κ1) is 26.4. The number of hydrogen-bond donors (Lipinski definition) is 2. The summed E-state index contributed by atoms with van der Waals surface area (Å²) < 4.78 is 39.9. The monoisotopic (exact) mass is 535 g/mol. The van der Waals surface area contributed by atoms with Crippen molar-refractivity contribution in [1.82, 2.24) is 29.8 Å². The molecule has 0 amide bonds. The van der Waals surface area contributed by atoms with Crippen molar-refractivity contribution in [2.75, 3.05) is 36.4 Å². The van der Waals surface area contributed by atoms with Gasteiger partial charge in [-0.05, 0) is 38.5 Å². The first-order valence-corrected chi connectivity index (χ1v) is 12.7. The Balaban J connectivity index is 1.35. The van der Waals surface area contributed by atoms with Crippen LogP contribution in [0.1, 0.15) is 43.5 Å². The van der Waals surface area contributed by atoms with Gasteiger partial charge in [0, 0.05) is 61.8 Å². The van der Waals surface area contributed by atoms with E-state index in [1.807, 2.05) is 31.3 Å². The van der Waals surface area contributed by atoms with Crippen LogP contribution in [0, 0.1) is 11.3 Å². The summed E-state index contributed by atoms with van der Waals surface area (Å²) in [5, 5.41) is 13.1. The van der Waals surface area contributed by atoms with Crippen LogP contribution in [0.25, 0.3) is 22.3 Å². The maximum absolute atomic E-state index is 13.3. The first-order chi connectivity index (χ1) is 18.6. The molecule has 0 radical (unpaired) electrons. The van der Waals surface area contributed by atoms with Crippen molar-refractivity contribution in [3.63, 3.8) is 0 Å². The quantitative estimate of drug-likeness (QED) is 0.355. The summed E-state index contributed by atoms with van der Waals surface area (Å²) in [6.45, 7) is 10.2. The second-order valence-corrected chi connectivity index (χ2v) is 9.82. The minimum atomic E-state index is -4.55. The van der Waals surface area contributed by atoms with Gasteiger partial charge < -0.3 is 15.2 Å². The van der Waals surface area contributed by atoms with E-state index in [0.717, 1.165) is 49.8 Å². The lowest BCUT2D eigenvalue weighted by Crippen LogP contribution is -2.49. The fourth-order valence-electron chi connectivity index (χ4n) is 4.68. The van der Waals surface area contributed by atoms with Crippen molar-refractivity contribution in [1.29, 1.82) is 5.26 Å². The number of nitriles is 1. The predicted molar refractivity (Wildman–Crippen MR) is 142 cm³/mol. The highest BCUT2D eigenvalue weighted by molar-refractivity contribution is 5.94. The second kappa shape index (κ2) is 10.5. The van der Waals surface area contributed by atoms with Gasteiger partial charge in [-0.2, -0.15) is 18.4 Å². The number of alkyl halides is 3. The number of aromatic nitrogens is 5. The summed E-state index contributed by atoms with van der Waals surface area (Å²) >= 11 is 0. The van der Waals surface area contributed by atoms with Crippen LogP contribution in [-0.4, -0.2) is 62.0 Å². The number of hydrogen-bond acceptors (Lipinski definition) is 8. The van der Waals surface area contributed by atoms with E-state index in [0.29, 0.717) is 11.6 Å². The largest absolute Gasteiger partial charge is 0.417 e. The lowest BCUT2D eigenvalue weighted by molar-refractivity contribution is -0.137. The lowest BCUT2D eigenvalue weighted by atomic mass is 10.1. The highest BCUT2D eigenvalue weighted by Crippen LogP contribution is 2.35. The van der Waals surface area contributed by atoms with Gasteiger partial charge >= 0.3 is 6.18 Å². The number of anilines is 2. The van der Waals surface area contributed by atoms with Gasteiger partial charge in [-0.1, -0.05) is 6.07 Å². The summed E-state index contributed by atoms with van der Waals surface area (Å²) in [5.41, 5.74) is 0.981. The van der Waals surface area contributed by atoms with Crippen molar-refractivity contribution < 1.29 is 13.2 Å². The van der Waals surface area contributed by atoms with Crippen LogP contribution >= 0.6 is 0 Å². The maximum atomic E-state index is 13.3. The predicted octanol–water partition coefficient (Wildman–Crippen LogP) is 5.01. The highest BCUT2D eigenvalue weighted by Gasteiger charge is 2.32. The molecule has 1 fully saturated rings. The molecular weight excluding hydrogens is 507 g/mol. The minimum absolute atomic E-state index is 0.134. The molecule has 9 nitrogen and oxygen atoms in total. The molecule has 1 aliphatic heterocycles. The van der Waals surface area contributed by atoms with Crippen LogP contribution < -0.4 is 10.2 Å². The van der Waals surface area contributed by atoms with Crippen molar-refractivity contribution in [2.45, 2.75) is 39.0 Å². The van der Waals surface area contributed by atoms with Crippen LogP contribution in [0.4, 0.5) is 24.9 Å². The Morgan fingerprint density at radius 3 is 2.44 bits per heavy atom. The Hall–Kier alpha value is -4.24. The Bertz CT molecular complexity index is 1500. The van der Waals surface area contributed by atoms with Gasteiger partial charge in [0.1, 0.15) is 17.5 Å². The third kappa shape index (κ3) is 5.49. The summed E-state index contributed by atoms with van der Waals surface area (Å²) in [7, 11) is 0. The molecule has 0 bridgehead atoms. The summed E-state index contributed by atoms with van der Waals surface area (Å²) in [5.74, 6) is 1.16. The average Bonchev–Trinajstić information content (AvgIpc) is 3.36. The number of rotatable bonds is 6. The lowest BCUT2D eigenvalue weighted by Gasteiger charge is -2.37. The molecule has 0 aromatic carbocycles. The topological polar surface area (TPSA) is 110 Å². The van der Waals surface area contributed by atoms with Crippen molar-refractivity contribution in [3.8, 4) is 17.3 Å². The summed E-state index contributed by atoms with van der Waals surface area (Å²) in [6, 6.07) is 7.35. The van der Waals surface area contributed by atoms with E-state index in [4.69, 9.17) is 0 Å². The normalized spacial score (nSPS) is 15.5. The zero-order chi connectivity index (χ0) is 27.7. The van der Waals surface area contributed by atoms with Gasteiger partial charge in [0.25, 0.3) is 0 Å². The van der Waals surface area contributed by atoms with Crippen LogP contribution in [0.2, 0.25) is 0 Å². The van der Waals surface area contributed by atoms with Gasteiger partial charge in [-0.15, -0.1) is 0 Å². The minimum Gasteiger partial charge on any atom is -0.354 e. The fourth-order valence-corrected chi connectivity index (χ4v) is 4.68. The molecule has 0 spiro atoms. The third-order valence-electron chi connectivity index (χ3n) is 7.01. The molecule has 12 heteroatoms. The number of halogens is 3. The number of piperazine rings is 1. The van der Waals surface area contributed by atoms with Gasteiger partial charge in [-0.25, -0.2) is 19.9 Å². The molecule has 5 rings (SSSR count). The van der Waals surface area contributed by atoms with E-state index >= 15 is 0 Å². The number of H-pyrrole nitrogens is 1. The second-order valence-electron chi connectivity index (χ2n) is 9.82. The SMILES string of the molecule is CC(C)N1CCN(c2ccc([C@@H](C)Nc3ncc(C#N)c(-c4c[nH]c5ncc(C(F)(F)F)cc45)n3)cn2)CC1. The van der Waals surface area contributed by atoms with Gasteiger partial charge in [-0.3, -0.25) is 4.90 Å². The summed E-state index contributed by atoms with van der Waals surface area (Å²) in [4.78, 5) is 24.9. The van der Waals surface area contributed by atoms with Crippen molar-refractivity contribution in [3.05, 3.63) is 59.7 Å². The first-order valence-electron chi connectivity index (χ1n) is 12.7. The number of nitrogens with zero attached hydrogens (tertiary/aromatic N) is 7. The van der Waals surface area contributed by atoms with E-state index in [1.54, 1.807) is 0 Å². The fraction of sp³-hybridized carbons (Fsp3) is 0.370. The Labute approximate surface area is 223 Å². The zero-order valence-corrected chi connectivity index (χ0v) is 21.8. The molecule has 39 heavy (non-hydrogen) atoms. The number of pyridine rings is 2. The third-order valence-corrected chi connectivity index (χ3v) is 7.01. The molecule has 1 saturated heterocycles. The van der Waals surface area contributed by atoms with Gasteiger partial charge in [0.15, 0.2) is 0 Å². The van der Waals surface area contributed by atoms with Crippen molar-refractivity contribution >= 4 is 22.8 Å². The number of fused-ring (bicyclic) bond motifs is 1. The zero-order valence-electron chi connectivity index (χ0n) is 21.8. The average molecular weight is 536 g/mol. The molecule has 202 valence electrons. The molecule has 5 heterocycles. The molecule has 4 aromatic heterocycles. The van der Waals surface area contributed by atoms with E-state index in [1.165, 1.54) is 12.4 Å². The van der Waals surface area contributed by atoms with Crippen LogP contribution in [0.15, 0.2) is 43.0 Å². The molecule has 1 aliphatic rings. The Morgan fingerprint density at radius 2 is 1.79 bits per heavy atom. The van der Waals surface area contributed by atoms with Crippen molar-refractivity contribution in [2.24, 2.45) is 0 Å². The number of aromatic amines is 1. The van der Waals surface area contributed by atoms with E-state index in [9.17, 15) is 18.4 Å². The molecule has 4 aromatic rings. The van der Waals surface area contributed by atoms with Crippen LogP contribution in [0.3, 0.4) is 0 Å². The smallest absolute Gasteiger partial charge is 0.354 e. The standard InChI is InChI=1S/C27H28F3N9/c1-16(2)38-6-8-39(9-7-38)23-5-4-18(12-32-23)17(3)36-26-35-13-19(11-31)24(37-26)22-15-34-25-21(22)10-20(14-33-25)27(28,29)30/h4-5,10,12-17H,6-9H2,1-3H3,(H,33,34)(H,35,36,37)/t17-/m1/s1. The molecular formula is C27H28F3N9. The van der Waals surface area contributed by atoms with E-state index in [-0.39, 0.29) is 34.3 Å². The molecule has 0 unspecified atom stereocenters. The van der Waals surface area contributed by atoms with Crippen LogP contribution in [-0.2, 0) is 6.18 Å². The van der Waals surface area contributed by atoms with Gasteiger partial charge in [0.05, 0.1) is 29.1 Å². The molecule has 0 aliphatic carbocycles. The van der Waals surface area contributed by atoms with Crippen LogP contribution in [0.5, 0.6) is 0 Å². The summed E-state index contributed by atoms with van der Waals surface area (Å²) in [6.07, 6.45) is 0.893. The molecule has 1 atom stereocenters. The number of nitrogens with one attached hydrogen (secondary N) is 2. The van der Waals surface area contributed by atoms with Gasteiger partial charge in [0.2, 0.25) is 5.95 Å². The molecule has 2 N–H and O–H groups in total. The maximum Gasteiger partial charge on any atom is 0.417 e.